The number of pyridine rings is 2. The molecule has 1 fully saturated rings. The molecule has 1 aliphatic carbocycles. The molecule has 34 heavy (non-hydrogen) atoms. The zero-order valence-corrected chi connectivity index (χ0v) is 19.3. The number of ether oxygens (including phenoxy) is 2. The van der Waals surface area contributed by atoms with Crippen molar-refractivity contribution in [2.24, 2.45) is 7.05 Å². The second kappa shape index (κ2) is 9.34. The molecule has 1 amide bonds. The van der Waals surface area contributed by atoms with Crippen LogP contribution in [0, 0.1) is 0 Å². The van der Waals surface area contributed by atoms with Gasteiger partial charge in [0.15, 0.2) is 0 Å². The molecule has 4 rings (SSSR count). The highest BCUT2D eigenvalue weighted by Gasteiger charge is 2.32. The maximum absolute atomic E-state index is 14.2. The van der Waals surface area contributed by atoms with Gasteiger partial charge < -0.3 is 20.1 Å². The van der Waals surface area contributed by atoms with Crippen LogP contribution in [0.5, 0.6) is 5.75 Å². The molecule has 0 unspecified atom stereocenters. The summed E-state index contributed by atoms with van der Waals surface area (Å²) < 4.78 is 41.3. The number of halogens is 2. The van der Waals surface area contributed by atoms with Crippen LogP contribution >= 0.6 is 0 Å². The van der Waals surface area contributed by atoms with E-state index in [1.54, 1.807) is 49.4 Å². The van der Waals surface area contributed by atoms with E-state index >= 15 is 0 Å². The summed E-state index contributed by atoms with van der Waals surface area (Å²) in [5.41, 5.74) is 1.27. The molecule has 180 valence electrons. The molecule has 0 aliphatic heterocycles. The summed E-state index contributed by atoms with van der Waals surface area (Å²) >= 11 is 0. The first-order valence-electron chi connectivity index (χ1n) is 10.7. The standard InChI is InChI=1S/C23H26F2N6O3/c1-13(32)27-21-11-19(17(12-26-21)18-5-6-31(3)30-18)28-22-10-16(9-20(29-22)23(2,24)25)34-15-7-14(8-15)33-4/h5-6,9-12,14-15H,7-8H2,1-4H3,(H2,26,27,28,29,32). The highest BCUT2D eigenvalue weighted by Crippen LogP contribution is 2.36. The van der Waals surface area contributed by atoms with Crippen molar-refractivity contribution in [1.82, 2.24) is 19.7 Å². The number of carbonyl (C=O) groups is 1. The highest BCUT2D eigenvalue weighted by molar-refractivity contribution is 5.89. The van der Waals surface area contributed by atoms with Crippen LogP contribution in [0.3, 0.4) is 0 Å². The third kappa shape index (κ3) is 5.48. The fraction of sp³-hybridized carbons (Fsp3) is 0.391. The maximum Gasteiger partial charge on any atom is 0.287 e. The summed E-state index contributed by atoms with van der Waals surface area (Å²) in [5.74, 6) is -2.73. The molecule has 0 aromatic carbocycles. The van der Waals surface area contributed by atoms with Crippen molar-refractivity contribution in [1.29, 1.82) is 0 Å². The second-order valence-electron chi connectivity index (χ2n) is 8.33. The number of aryl methyl sites for hydroxylation is 1. The van der Waals surface area contributed by atoms with E-state index in [2.05, 4.69) is 25.7 Å². The molecule has 1 aliphatic rings. The van der Waals surface area contributed by atoms with Gasteiger partial charge in [-0.25, -0.2) is 9.97 Å². The summed E-state index contributed by atoms with van der Waals surface area (Å²) in [7, 11) is 3.41. The molecule has 1 saturated carbocycles. The van der Waals surface area contributed by atoms with Gasteiger partial charge in [0.1, 0.15) is 29.2 Å². The van der Waals surface area contributed by atoms with Gasteiger partial charge in [-0.05, 0) is 6.07 Å². The Balaban J connectivity index is 1.69. The molecule has 2 N–H and O–H groups in total. The molecule has 11 heteroatoms. The topological polar surface area (TPSA) is 103 Å². The zero-order valence-electron chi connectivity index (χ0n) is 19.3. The minimum Gasteiger partial charge on any atom is -0.490 e. The van der Waals surface area contributed by atoms with Crippen molar-refractivity contribution >= 4 is 23.2 Å². The zero-order chi connectivity index (χ0) is 24.5. The Kier molecular flexibility index (Phi) is 6.47. The lowest BCUT2D eigenvalue weighted by Crippen LogP contribution is -2.38. The summed E-state index contributed by atoms with van der Waals surface area (Å²) in [5, 5.41) is 10.1. The van der Waals surface area contributed by atoms with E-state index in [1.165, 1.54) is 13.0 Å². The van der Waals surface area contributed by atoms with E-state index in [4.69, 9.17) is 9.47 Å². The lowest BCUT2D eigenvalue weighted by atomic mass is 9.92. The van der Waals surface area contributed by atoms with Gasteiger partial charge in [-0.3, -0.25) is 9.48 Å². The van der Waals surface area contributed by atoms with Gasteiger partial charge in [0.05, 0.1) is 17.5 Å². The van der Waals surface area contributed by atoms with Gasteiger partial charge in [0.2, 0.25) is 5.91 Å². The van der Waals surface area contributed by atoms with Crippen molar-refractivity contribution in [3.05, 3.63) is 42.4 Å². The van der Waals surface area contributed by atoms with E-state index < -0.39 is 11.6 Å². The fourth-order valence-corrected chi connectivity index (χ4v) is 3.57. The van der Waals surface area contributed by atoms with Crippen molar-refractivity contribution in [3.63, 3.8) is 0 Å². The van der Waals surface area contributed by atoms with E-state index in [1.807, 2.05) is 0 Å². The Morgan fingerprint density at radius 2 is 1.97 bits per heavy atom. The lowest BCUT2D eigenvalue weighted by molar-refractivity contribution is -0.114. The smallest absolute Gasteiger partial charge is 0.287 e. The van der Waals surface area contributed by atoms with Crippen molar-refractivity contribution < 1.29 is 23.0 Å². The van der Waals surface area contributed by atoms with Crippen molar-refractivity contribution in [2.45, 2.75) is 44.8 Å². The number of aromatic nitrogens is 4. The normalized spacial score (nSPS) is 17.7. The molecule has 3 aromatic rings. The van der Waals surface area contributed by atoms with E-state index in [0.717, 1.165) is 6.92 Å². The van der Waals surface area contributed by atoms with Crippen LogP contribution < -0.4 is 15.4 Å². The average molecular weight is 472 g/mol. The summed E-state index contributed by atoms with van der Waals surface area (Å²) in [6.45, 7) is 2.15. The molecule has 0 saturated heterocycles. The van der Waals surface area contributed by atoms with Crippen LogP contribution in [-0.4, -0.2) is 45.0 Å². The second-order valence-corrected chi connectivity index (χ2v) is 8.33. The molecule has 0 bridgehead atoms. The van der Waals surface area contributed by atoms with Crippen molar-refractivity contribution in [3.8, 4) is 17.0 Å². The van der Waals surface area contributed by atoms with Gasteiger partial charge in [0, 0.05) is 77.0 Å². The van der Waals surface area contributed by atoms with E-state index in [0.29, 0.717) is 35.6 Å². The first kappa shape index (κ1) is 23.6. The molecule has 3 heterocycles. The quantitative estimate of drug-likeness (QED) is 0.505. The number of anilines is 3. The van der Waals surface area contributed by atoms with Crippen LogP contribution in [0.4, 0.5) is 26.1 Å². The number of hydrogen-bond acceptors (Lipinski definition) is 7. The Morgan fingerprint density at radius 1 is 1.21 bits per heavy atom. The van der Waals surface area contributed by atoms with Gasteiger partial charge >= 0.3 is 0 Å². The van der Waals surface area contributed by atoms with Crippen LogP contribution in [0.2, 0.25) is 0 Å². The minimum atomic E-state index is -3.17. The summed E-state index contributed by atoms with van der Waals surface area (Å²) in [4.78, 5) is 19.9. The number of amides is 1. The number of methoxy groups -OCH3 is 1. The Morgan fingerprint density at radius 3 is 2.59 bits per heavy atom. The molecule has 9 nitrogen and oxygen atoms in total. The maximum atomic E-state index is 14.2. The highest BCUT2D eigenvalue weighted by atomic mass is 19.3. The molecule has 3 aromatic heterocycles. The lowest BCUT2D eigenvalue weighted by Gasteiger charge is -2.34. The van der Waals surface area contributed by atoms with Gasteiger partial charge in [-0.15, -0.1) is 0 Å². The first-order chi connectivity index (χ1) is 16.1. The molecule has 0 radical (unpaired) electrons. The van der Waals surface area contributed by atoms with Gasteiger partial charge in [0.25, 0.3) is 5.92 Å². The number of rotatable bonds is 8. The molecular formula is C23H26F2N6O3. The summed E-state index contributed by atoms with van der Waals surface area (Å²) in [6, 6.07) is 6.21. The van der Waals surface area contributed by atoms with Gasteiger partial charge in [-0.2, -0.15) is 13.9 Å². The number of nitrogens with one attached hydrogen (secondary N) is 2. The third-order valence-electron chi connectivity index (χ3n) is 5.40. The van der Waals surface area contributed by atoms with Crippen LogP contribution in [0.1, 0.15) is 32.4 Å². The molecule has 0 atom stereocenters. The Labute approximate surface area is 195 Å². The van der Waals surface area contributed by atoms with E-state index in [-0.39, 0.29) is 29.7 Å². The average Bonchev–Trinajstić information content (AvgIpc) is 3.15. The number of alkyl halides is 2. The minimum absolute atomic E-state index is 0.112. The summed E-state index contributed by atoms with van der Waals surface area (Å²) in [6.07, 6.45) is 4.69. The largest absolute Gasteiger partial charge is 0.490 e. The van der Waals surface area contributed by atoms with E-state index in [9.17, 15) is 13.6 Å². The predicted molar refractivity (Wildman–Crippen MR) is 122 cm³/mol. The number of hydrogen-bond donors (Lipinski definition) is 2. The third-order valence-corrected chi connectivity index (χ3v) is 5.40. The predicted octanol–water partition coefficient (Wildman–Crippen LogP) is 4.25. The number of nitrogens with zero attached hydrogens (tertiary/aromatic N) is 4. The monoisotopic (exact) mass is 472 g/mol. The number of carbonyl (C=O) groups excluding carboxylic acids is 1. The van der Waals surface area contributed by atoms with Crippen LogP contribution in [-0.2, 0) is 22.5 Å². The fourth-order valence-electron chi connectivity index (χ4n) is 3.57. The van der Waals surface area contributed by atoms with Gasteiger partial charge in [-0.1, -0.05) is 0 Å². The van der Waals surface area contributed by atoms with Crippen LogP contribution in [0.25, 0.3) is 11.3 Å². The Bertz CT molecular complexity index is 1190. The molecule has 0 spiro atoms. The van der Waals surface area contributed by atoms with Crippen LogP contribution in [0.15, 0.2) is 36.7 Å². The Hall–Kier alpha value is -3.60. The SMILES string of the molecule is COC1CC(Oc2cc(Nc3cc(NC(C)=O)ncc3-c3ccn(C)n3)nc(C(C)(F)F)c2)C1. The first-order valence-corrected chi connectivity index (χ1v) is 10.7. The van der Waals surface area contributed by atoms with Crippen molar-refractivity contribution in [2.75, 3.05) is 17.7 Å². The molecular weight excluding hydrogens is 446 g/mol.